The molecule has 2 unspecified atom stereocenters. The van der Waals surface area contributed by atoms with Crippen LogP contribution in [0.2, 0.25) is 0 Å². The average molecular weight is 235 g/mol. The number of aliphatic imine (C=N–C) groups is 1. The number of nitrogens with two attached hydrogens (primary N) is 1. The first kappa shape index (κ1) is 11.9. The summed E-state index contributed by atoms with van der Waals surface area (Å²) in [5, 5.41) is 0. The van der Waals surface area contributed by atoms with Crippen molar-refractivity contribution in [2.45, 2.75) is 26.3 Å². The smallest absolute Gasteiger partial charge is 0.196 e. The first-order valence-corrected chi connectivity index (χ1v) is 5.98. The van der Waals surface area contributed by atoms with Crippen molar-refractivity contribution in [2.24, 2.45) is 16.6 Å². The Bertz CT molecular complexity index is 430. The van der Waals surface area contributed by atoms with Crippen molar-refractivity contribution < 1.29 is 4.39 Å². The highest BCUT2D eigenvalue weighted by Gasteiger charge is 2.30. The normalized spacial score (nSPS) is 21.5. The van der Waals surface area contributed by atoms with Gasteiger partial charge in [-0.2, -0.15) is 0 Å². The van der Waals surface area contributed by atoms with Gasteiger partial charge in [0.1, 0.15) is 5.82 Å². The lowest BCUT2D eigenvalue weighted by Crippen LogP contribution is -2.44. The van der Waals surface area contributed by atoms with E-state index in [1.165, 1.54) is 12.1 Å². The maximum absolute atomic E-state index is 13.3. The van der Waals surface area contributed by atoms with Gasteiger partial charge < -0.3 is 10.6 Å². The fourth-order valence-electron chi connectivity index (χ4n) is 2.17. The summed E-state index contributed by atoms with van der Waals surface area (Å²) < 4.78 is 13.3. The number of benzene rings is 1. The van der Waals surface area contributed by atoms with Crippen LogP contribution in [-0.4, -0.2) is 18.5 Å². The molecule has 2 atom stereocenters. The van der Waals surface area contributed by atoms with E-state index >= 15 is 0 Å². The first-order chi connectivity index (χ1) is 8.13. The zero-order valence-electron chi connectivity index (χ0n) is 10.2. The summed E-state index contributed by atoms with van der Waals surface area (Å²) in [5.74, 6) is 0.717. The Balaban J connectivity index is 2.30. The predicted octanol–water partition coefficient (Wildman–Crippen LogP) is 2.38. The first-order valence-electron chi connectivity index (χ1n) is 5.98. The molecule has 0 aromatic heterocycles. The Labute approximate surface area is 101 Å². The second-order valence-corrected chi connectivity index (χ2v) is 4.50. The SMILES string of the molecule is CCC(C)C1CN=C(N)N1c1cccc(F)c1. The fourth-order valence-corrected chi connectivity index (χ4v) is 2.17. The fraction of sp³-hybridized carbons (Fsp3) is 0.462. The van der Waals surface area contributed by atoms with Crippen molar-refractivity contribution in [3.8, 4) is 0 Å². The van der Waals surface area contributed by atoms with Crippen molar-refractivity contribution in [3.05, 3.63) is 30.1 Å². The largest absolute Gasteiger partial charge is 0.370 e. The highest BCUT2D eigenvalue weighted by Crippen LogP contribution is 2.26. The molecule has 1 aromatic rings. The van der Waals surface area contributed by atoms with Gasteiger partial charge in [-0.3, -0.25) is 4.99 Å². The highest BCUT2D eigenvalue weighted by molar-refractivity contribution is 5.97. The Kier molecular flexibility index (Phi) is 3.31. The molecule has 4 heteroatoms. The van der Waals surface area contributed by atoms with Gasteiger partial charge in [-0.05, 0) is 24.1 Å². The van der Waals surface area contributed by atoms with E-state index in [1.54, 1.807) is 6.07 Å². The summed E-state index contributed by atoms with van der Waals surface area (Å²) in [6.45, 7) is 5.01. The van der Waals surface area contributed by atoms with Crippen LogP contribution in [0.4, 0.5) is 10.1 Å². The molecule has 17 heavy (non-hydrogen) atoms. The van der Waals surface area contributed by atoms with Crippen LogP contribution >= 0.6 is 0 Å². The quantitative estimate of drug-likeness (QED) is 0.874. The monoisotopic (exact) mass is 235 g/mol. The van der Waals surface area contributed by atoms with Gasteiger partial charge in [0, 0.05) is 5.69 Å². The van der Waals surface area contributed by atoms with Gasteiger partial charge in [-0.25, -0.2) is 4.39 Å². The molecule has 3 nitrogen and oxygen atoms in total. The molecular weight excluding hydrogens is 217 g/mol. The molecule has 0 saturated carbocycles. The zero-order chi connectivity index (χ0) is 12.4. The molecular formula is C13H18FN3. The molecule has 0 bridgehead atoms. The molecule has 0 aliphatic carbocycles. The molecule has 2 rings (SSSR count). The lowest BCUT2D eigenvalue weighted by Gasteiger charge is -2.30. The number of anilines is 1. The van der Waals surface area contributed by atoms with Gasteiger partial charge >= 0.3 is 0 Å². The van der Waals surface area contributed by atoms with E-state index in [9.17, 15) is 4.39 Å². The van der Waals surface area contributed by atoms with Gasteiger partial charge in [0.25, 0.3) is 0 Å². The summed E-state index contributed by atoms with van der Waals surface area (Å²) in [7, 11) is 0. The summed E-state index contributed by atoms with van der Waals surface area (Å²) in [6, 6.07) is 6.74. The van der Waals surface area contributed by atoms with Gasteiger partial charge in [0.2, 0.25) is 0 Å². The maximum atomic E-state index is 13.3. The Hall–Kier alpha value is -1.58. The number of halogens is 1. The van der Waals surface area contributed by atoms with E-state index < -0.39 is 0 Å². The van der Waals surface area contributed by atoms with Crippen LogP contribution in [0.25, 0.3) is 0 Å². The summed E-state index contributed by atoms with van der Waals surface area (Å²) in [5.41, 5.74) is 6.68. The molecule has 92 valence electrons. The lowest BCUT2D eigenvalue weighted by atomic mass is 9.98. The minimum atomic E-state index is -0.245. The molecule has 1 aliphatic heterocycles. The number of rotatable bonds is 3. The van der Waals surface area contributed by atoms with Crippen molar-refractivity contribution in [3.63, 3.8) is 0 Å². The third-order valence-corrected chi connectivity index (χ3v) is 3.41. The lowest BCUT2D eigenvalue weighted by molar-refractivity contribution is 0.461. The minimum absolute atomic E-state index is 0.238. The van der Waals surface area contributed by atoms with Crippen LogP contribution in [0.15, 0.2) is 29.3 Å². The van der Waals surface area contributed by atoms with E-state index in [0.29, 0.717) is 18.4 Å². The second kappa shape index (κ2) is 4.73. The van der Waals surface area contributed by atoms with Crippen molar-refractivity contribution in [1.82, 2.24) is 0 Å². The third kappa shape index (κ3) is 2.25. The number of guanidine groups is 1. The molecule has 0 saturated heterocycles. The van der Waals surface area contributed by atoms with Gasteiger partial charge in [-0.15, -0.1) is 0 Å². The Morgan fingerprint density at radius 2 is 2.35 bits per heavy atom. The van der Waals surface area contributed by atoms with Crippen LogP contribution in [0.1, 0.15) is 20.3 Å². The molecule has 0 spiro atoms. The van der Waals surface area contributed by atoms with E-state index in [1.807, 2.05) is 11.0 Å². The molecule has 1 aromatic carbocycles. The van der Waals surface area contributed by atoms with Crippen molar-refractivity contribution >= 4 is 11.6 Å². The minimum Gasteiger partial charge on any atom is -0.370 e. The number of hydrogen-bond acceptors (Lipinski definition) is 3. The second-order valence-electron chi connectivity index (χ2n) is 4.50. The predicted molar refractivity (Wildman–Crippen MR) is 68.6 cm³/mol. The molecule has 0 fully saturated rings. The topological polar surface area (TPSA) is 41.6 Å². The van der Waals surface area contributed by atoms with Crippen molar-refractivity contribution in [1.29, 1.82) is 0 Å². The van der Waals surface area contributed by atoms with Gasteiger partial charge in [-0.1, -0.05) is 26.3 Å². The molecule has 0 radical (unpaired) electrons. The van der Waals surface area contributed by atoms with Gasteiger partial charge in [0.15, 0.2) is 5.96 Å². The molecule has 2 N–H and O–H groups in total. The molecule has 1 heterocycles. The summed E-state index contributed by atoms with van der Waals surface area (Å²) in [4.78, 5) is 6.21. The Morgan fingerprint density at radius 1 is 1.59 bits per heavy atom. The number of nitrogens with zero attached hydrogens (tertiary/aromatic N) is 2. The van der Waals surface area contributed by atoms with E-state index in [4.69, 9.17) is 5.73 Å². The maximum Gasteiger partial charge on any atom is 0.196 e. The van der Waals surface area contributed by atoms with E-state index in [-0.39, 0.29) is 11.9 Å². The van der Waals surface area contributed by atoms with Gasteiger partial charge in [0.05, 0.1) is 12.6 Å². The highest BCUT2D eigenvalue weighted by atomic mass is 19.1. The summed E-state index contributed by atoms with van der Waals surface area (Å²) >= 11 is 0. The standard InChI is InChI=1S/C13H18FN3/c1-3-9(2)12-8-16-13(15)17(12)11-6-4-5-10(14)7-11/h4-7,9,12H,3,8H2,1-2H3,(H2,15,16). The van der Waals surface area contributed by atoms with Crippen LogP contribution < -0.4 is 10.6 Å². The van der Waals surface area contributed by atoms with Crippen LogP contribution in [-0.2, 0) is 0 Å². The summed E-state index contributed by atoms with van der Waals surface area (Å²) in [6.07, 6.45) is 1.05. The third-order valence-electron chi connectivity index (χ3n) is 3.41. The number of hydrogen-bond donors (Lipinski definition) is 1. The van der Waals surface area contributed by atoms with E-state index in [2.05, 4.69) is 18.8 Å². The zero-order valence-corrected chi connectivity index (χ0v) is 10.2. The Morgan fingerprint density at radius 3 is 3.00 bits per heavy atom. The van der Waals surface area contributed by atoms with Crippen LogP contribution in [0, 0.1) is 11.7 Å². The van der Waals surface area contributed by atoms with Crippen molar-refractivity contribution in [2.75, 3.05) is 11.4 Å². The van der Waals surface area contributed by atoms with Crippen LogP contribution in [0.3, 0.4) is 0 Å². The molecule has 1 aliphatic rings. The average Bonchev–Trinajstić information content (AvgIpc) is 2.70. The van der Waals surface area contributed by atoms with Crippen LogP contribution in [0.5, 0.6) is 0 Å². The molecule has 0 amide bonds. The van der Waals surface area contributed by atoms with E-state index in [0.717, 1.165) is 12.1 Å².